The predicted octanol–water partition coefficient (Wildman–Crippen LogP) is 2.17. The Balaban J connectivity index is 1.50. The maximum absolute atomic E-state index is 12.8. The second-order valence-electron chi connectivity index (χ2n) is 7.36. The molecule has 2 aliphatic rings. The third kappa shape index (κ3) is 4.91. The number of rotatable bonds is 5. The quantitative estimate of drug-likeness (QED) is 0.866. The van der Waals surface area contributed by atoms with Gasteiger partial charge in [-0.3, -0.25) is 4.79 Å². The number of aromatic nitrogens is 2. The molecule has 2 fully saturated rings. The molecule has 1 aromatic heterocycles. The first-order chi connectivity index (χ1) is 12.2. The summed E-state index contributed by atoms with van der Waals surface area (Å²) < 4.78 is 4.39. The molecule has 2 saturated heterocycles. The standard InChI is InChI=1S/C18H31N5OS/c1-3-16-20-18(25-21-16)23-9-5-8-22(10-11-23)17(24)12-14(2)15-6-4-7-19-13-15/h14-15,19H,3-13H2,1-2H3. The first-order valence-electron chi connectivity index (χ1n) is 9.73. The van der Waals surface area contributed by atoms with Crippen molar-refractivity contribution < 1.29 is 4.79 Å². The van der Waals surface area contributed by atoms with Crippen LogP contribution in [0.1, 0.15) is 45.4 Å². The summed E-state index contributed by atoms with van der Waals surface area (Å²) in [6.07, 6.45) is 5.07. The van der Waals surface area contributed by atoms with Gasteiger partial charge in [0.15, 0.2) is 0 Å². The van der Waals surface area contributed by atoms with E-state index in [1.165, 1.54) is 24.4 Å². The summed E-state index contributed by atoms with van der Waals surface area (Å²) >= 11 is 1.48. The Hall–Kier alpha value is -1.21. The van der Waals surface area contributed by atoms with Gasteiger partial charge >= 0.3 is 0 Å². The van der Waals surface area contributed by atoms with E-state index in [1.54, 1.807) is 0 Å². The summed E-state index contributed by atoms with van der Waals surface area (Å²) in [5.41, 5.74) is 0. The monoisotopic (exact) mass is 365 g/mol. The molecule has 0 bridgehead atoms. The van der Waals surface area contributed by atoms with Crippen LogP contribution in [0.3, 0.4) is 0 Å². The summed E-state index contributed by atoms with van der Waals surface area (Å²) in [4.78, 5) is 21.7. The number of hydrogen-bond acceptors (Lipinski definition) is 6. The van der Waals surface area contributed by atoms with Crippen LogP contribution in [0.15, 0.2) is 0 Å². The minimum Gasteiger partial charge on any atom is -0.345 e. The number of carbonyl (C=O) groups excluding carboxylic acids is 1. The molecule has 140 valence electrons. The molecule has 3 heterocycles. The van der Waals surface area contributed by atoms with Crippen LogP contribution in [0, 0.1) is 11.8 Å². The van der Waals surface area contributed by atoms with Gasteiger partial charge in [-0.25, -0.2) is 4.98 Å². The van der Waals surface area contributed by atoms with Gasteiger partial charge in [0.1, 0.15) is 5.82 Å². The van der Waals surface area contributed by atoms with Gasteiger partial charge in [-0.2, -0.15) is 4.37 Å². The molecule has 0 spiro atoms. The minimum absolute atomic E-state index is 0.325. The molecule has 0 aliphatic carbocycles. The molecule has 2 aliphatic heterocycles. The molecule has 2 unspecified atom stereocenters. The Bertz CT molecular complexity index is 557. The molecule has 0 saturated carbocycles. The Morgan fingerprint density at radius 1 is 1.32 bits per heavy atom. The van der Waals surface area contributed by atoms with Crippen molar-refractivity contribution in [3.05, 3.63) is 5.82 Å². The average Bonchev–Trinajstić information content (AvgIpc) is 2.99. The zero-order chi connectivity index (χ0) is 17.6. The van der Waals surface area contributed by atoms with Crippen molar-refractivity contribution in [3.8, 4) is 0 Å². The van der Waals surface area contributed by atoms with Gasteiger partial charge in [0.25, 0.3) is 0 Å². The SMILES string of the molecule is CCc1nsc(N2CCCN(C(=O)CC(C)C3CCCNC3)CC2)n1. The van der Waals surface area contributed by atoms with Crippen LogP contribution < -0.4 is 10.2 Å². The van der Waals surface area contributed by atoms with Crippen LogP contribution in [0.4, 0.5) is 5.13 Å². The zero-order valence-corrected chi connectivity index (χ0v) is 16.4. The van der Waals surface area contributed by atoms with Crippen LogP contribution in [-0.2, 0) is 11.2 Å². The molecule has 25 heavy (non-hydrogen) atoms. The number of aryl methyl sites for hydroxylation is 1. The highest BCUT2D eigenvalue weighted by molar-refractivity contribution is 7.09. The van der Waals surface area contributed by atoms with E-state index in [4.69, 9.17) is 0 Å². The van der Waals surface area contributed by atoms with Crippen molar-refractivity contribution >= 4 is 22.6 Å². The third-order valence-corrected chi connectivity index (χ3v) is 6.34. The molecule has 1 amide bonds. The van der Waals surface area contributed by atoms with Crippen molar-refractivity contribution in [1.82, 2.24) is 19.6 Å². The van der Waals surface area contributed by atoms with Crippen molar-refractivity contribution in [2.45, 2.75) is 46.0 Å². The molecule has 0 aromatic carbocycles. The van der Waals surface area contributed by atoms with E-state index >= 15 is 0 Å². The first kappa shape index (κ1) is 18.6. The van der Waals surface area contributed by atoms with E-state index in [0.29, 0.717) is 24.2 Å². The second kappa shape index (κ2) is 8.94. The molecule has 2 atom stereocenters. The van der Waals surface area contributed by atoms with E-state index in [2.05, 4.69) is 38.3 Å². The largest absolute Gasteiger partial charge is 0.345 e. The lowest BCUT2D eigenvalue weighted by atomic mass is 9.85. The molecule has 6 nitrogen and oxygen atoms in total. The van der Waals surface area contributed by atoms with E-state index in [1.807, 2.05) is 0 Å². The van der Waals surface area contributed by atoms with Gasteiger partial charge in [0.2, 0.25) is 11.0 Å². The first-order valence-corrected chi connectivity index (χ1v) is 10.5. The van der Waals surface area contributed by atoms with Crippen molar-refractivity contribution in [2.24, 2.45) is 11.8 Å². The smallest absolute Gasteiger partial charge is 0.222 e. The Morgan fingerprint density at radius 3 is 2.92 bits per heavy atom. The van der Waals surface area contributed by atoms with E-state index in [0.717, 1.165) is 63.1 Å². The maximum Gasteiger partial charge on any atom is 0.222 e. The number of piperidine rings is 1. The molecule has 3 rings (SSSR count). The zero-order valence-electron chi connectivity index (χ0n) is 15.5. The molecule has 1 N–H and O–H groups in total. The average molecular weight is 366 g/mol. The lowest BCUT2D eigenvalue weighted by molar-refractivity contribution is -0.132. The Labute approximate surface area is 155 Å². The lowest BCUT2D eigenvalue weighted by Crippen LogP contribution is -2.38. The van der Waals surface area contributed by atoms with E-state index in [9.17, 15) is 4.79 Å². The van der Waals surface area contributed by atoms with E-state index in [-0.39, 0.29) is 0 Å². The van der Waals surface area contributed by atoms with Crippen LogP contribution in [0.5, 0.6) is 0 Å². The number of hydrogen-bond donors (Lipinski definition) is 1. The number of nitrogens with zero attached hydrogens (tertiary/aromatic N) is 4. The Morgan fingerprint density at radius 2 is 2.20 bits per heavy atom. The number of anilines is 1. The highest BCUT2D eigenvalue weighted by atomic mass is 32.1. The fraction of sp³-hybridized carbons (Fsp3) is 0.833. The summed E-state index contributed by atoms with van der Waals surface area (Å²) in [5.74, 6) is 2.36. The molecular formula is C18H31N5OS. The third-order valence-electron chi connectivity index (χ3n) is 5.53. The number of nitrogens with one attached hydrogen (secondary N) is 1. The van der Waals surface area contributed by atoms with Crippen LogP contribution in [0.2, 0.25) is 0 Å². The fourth-order valence-corrected chi connectivity index (χ4v) is 4.61. The van der Waals surface area contributed by atoms with Crippen LogP contribution in [-0.4, -0.2) is 59.4 Å². The highest BCUT2D eigenvalue weighted by Gasteiger charge is 2.26. The maximum atomic E-state index is 12.8. The molecule has 1 aromatic rings. The van der Waals surface area contributed by atoms with Gasteiger partial charge in [0, 0.05) is 50.6 Å². The number of amides is 1. The summed E-state index contributed by atoms with van der Waals surface area (Å²) in [6, 6.07) is 0. The second-order valence-corrected chi connectivity index (χ2v) is 8.09. The predicted molar refractivity (Wildman–Crippen MR) is 102 cm³/mol. The van der Waals surface area contributed by atoms with E-state index < -0.39 is 0 Å². The molecule has 0 radical (unpaired) electrons. The van der Waals surface area contributed by atoms with Gasteiger partial charge in [-0.15, -0.1) is 0 Å². The van der Waals surface area contributed by atoms with Crippen molar-refractivity contribution in [1.29, 1.82) is 0 Å². The van der Waals surface area contributed by atoms with Gasteiger partial charge in [0.05, 0.1) is 0 Å². The molecule has 7 heteroatoms. The van der Waals surface area contributed by atoms with Gasteiger partial charge in [-0.05, 0) is 44.2 Å². The van der Waals surface area contributed by atoms with Crippen LogP contribution >= 0.6 is 11.5 Å². The van der Waals surface area contributed by atoms with Gasteiger partial charge < -0.3 is 15.1 Å². The fourth-order valence-electron chi connectivity index (χ4n) is 3.81. The van der Waals surface area contributed by atoms with Gasteiger partial charge in [-0.1, -0.05) is 13.8 Å². The lowest BCUT2D eigenvalue weighted by Gasteiger charge is -2.30. The summed E-state index contributed by atoms with van der Waals surface area (Å²) in [6.45, 7) is 10.0. The summed E-state index contributed by atoms with van der Waals surface area (Å²) in [5, 5.41) is 4.47. The van der Waals surface area contributed by atoms with Crippen molar-refractivity contribution in [2.75, 3.05) is 44.2 Å². The topological polar surface area (TPSA) is 61.4 Å². The number of carbonyl (C=O) groups is 1. The minimum atomic E-state index is 0.325. The highest BCUT2D eigenvalue weighted by Crippen LogP contribution is 2.24. The van der Waals surface area contributed by atoms with Crippen molar-refractivity contribution in [3.63, 3.8) is 0 Å². The van der Waals surface area contributed by atoms with Crippen LogP contribution in [0.25, 0.3) is 0 Å². The Kier molecular flexibility index (Phi) is 6.64. The normalized spacial score (nSPS) is 23.4. The summed E-state index contributed by atoms with van der Waals surface area (Å²) in [7, 11) is 0. The molecular weight excluding hydrogens is 334 g/mol.